The van der Waals surface area contributed by atoms with Crippen molar-refractivity contribution in [2.24, 2.45) is 5.92 Å². The lowest BCUT2D eigenvalue weighted by atomic mass is 9.98. The van der Waals surface area contributed by atoms with Gasteiger partial charge < -0.3 is 5.32 Å². The maximum atomic E-state index is 3.43. The Bertz CT molecular complexity index is 309. The molecule has 0 aliphatic carbocycles. The van der Waals surface area contributed by atoms with Crippen molar-refractivity contribution in [3.8, 4) is 0 Å². The fourth-order valence-electron chi connectivity index (χ4n) is 1.94. The maximum Gasteiger partial charge on any atom is 0.0328 e. The molecule has 0 heterocycles. The number of hydrogen-bond acceptors (Lipinski definition) is 1. The molecule has 90 valence electrons. The van der Waals surface area contributed by atoms with Crippen LogP contribution in [0.3, 0.4) is 0 Å². The van der Waals surface area contributed by atoms with E-state index >= 15 is 0 Å². The highest BCUT2D eigenvalue weighted by Gasteiger charge is 2.11. The number of nitrogens with one attached hydrogen (secondary N) is 1. The molecule has 1 nitrogen and oxygen atoms in total. The summed E-state index contributed by atoms with van der Waals surface area (Å²) in [5, 5.41) is 3.43. The van der Waals surface area contributed by atoms with Crippen LogP contribution in [-0.4, -0.2) is 7.05 Å². The fraction of sp³-hybridized carbons (Fsp3) is 0.571. The fourth-order valence-corrected chi connectivity index (χ4v) is 2.71. The third-order valence-corrected chi connectivity index (χ3v) is 3.89. The predicted molar refractivity (Wildman–Crippen MR) is 79.6 cm³/mol. The molecule has 0 saturated carbocycles. The largest absolute Gasteiger partial charge is 0.313 e. The van der Waals surface area contributed by atoms with Crippen molar-refractivity contribution in [1.29, 1.82) is 0 Å². The molecule has 0 aliphatic heterocycles. The smallest absolute Gasteiger partial charge is 0.0328 e. The summed E-state index contributed by atoms with van der Waals surface area (Å²) in [5.41, 5.74) is 1.44. The quantitative estimate of drug-likeness (QED) is 0.763. The molecule has 0 spiro atoms. The van der Waals surface area contributed by atoms with E-state index in [4.69, 9.17) is 0 Å². The van der Waals surface area contributed by atoms with Gasteiger partial charge >= 0.3 is 0 Å². The highest BCUT2D eigenvalue weighted by molar-refractivity contribution is 14.1. The van der Waals surface area contributed by atoms with Crippen LogP contribution >= 0.6 is 22.6 Å². The van der Waals surface area contributed by atoms with Crippen molar-refractivity contribution >= 4 is 22.6 Å². The third kappa shape index (κ3) is 4.42. The average molecular weight is 331 g/mol. The minimum atomic E-state index is 0.506. The lowest BCUT2D eigenvalue weighted by molar-refractivity contribution is 0.469. The molecule has 16 heavy (non-hydrogen) atoms. The Labute approximate surface area is 113 Å². The van der Waals surface area contributed by atoms with Crippen LogP contribution in [0.2, 0.25) is 0 Å². The van der Waals surface area contributed by atoms with Gasteiger partial charge in [-0.2, -0.15) is 0 Å². The molecular formula is C14H22IN. The first-order valence-corrected chi connectivity index (χ1v) is 7.14. The van der Waals surface area contributed by atoms with Crippen LogP contribution in [0.25, 0.3) is 0 Å². The van der Waals surface area contributed by atoms with Gasteiger partial charge in [-0.15, -0.1) is 0 Å². The van der Waals surface area contributed by atoms with Gasteiger partial charge in [0.05, 0.1) is 0 Å². The zero-order valence-corrected chi connectivity index (χ0v) is 12.6. The summed E-state index contributed by atoms with van der Waals surface area (Å²) in [6.45, 7) is 4.58. The number of halogens is 1. The monoisotopic (exact) mass is 331 g/mol. The molecule has 0 fully saturated rings. The van der Waals surface area contributed by atoms with Gasteiger partial charge in [0.25, 0.3) is 0 Å². The van der Waals surface area contributed by atoms with Crippen LogP contribution in [0.5, 0.6) is 0 Å². The molecule has 1 unspecified atom stereocenters. The van der Waals surface area contributed by atoms with E-state index in [0.717, 1.165) is 5.92 Å². The molecule has 1 N–H and O–H groups in total. The molecule has 0 bridgehead atoms. The molecule has 1 aromatic rings. The van der Waals surface area contributed by atoms with E-state index < -0.39 is 0 Å². The van der Waals surface area contributed by atoms with Crippen molar-refractivity contribution in [2.45, 2.75) is 39.2 Å². The van der Waals surface area contributed by atoms with E-state index in [1.165, 1.54) is 28.4 Å². The molecule has 0 aromatic heterocycles. The minimum Gasteiger partial charge on any atom is -0.313 e. The number of benzene rings is 1. The molecule has 0 aliphatic rings. The molecular weight excluding hydrogens is 309 g/mol. The average Bonchev–Trinajstić information content (AvgIpc) is 2.25. The second-order valence-electron chi connectivity index (χ2n) is 4.69. The van der Waals surface area contributed by atoms with E-state index in [1.54, 1.807) is 0 Å². The van der Waals surface area contributed by atoms with E-state index in [2.05, 4.69) is 73.1 Å². The molecule has 0 amide bonds. The zero-order chi connectivity index (χ0) is 12.0. The number of hydrogen-bond donors (Lipinski definition) is 1. The van der Waals surface area contributed by atoms with Crippen molar-refractivity contribution in [3.63, 3.8) is 0 Å². The first-order chi connectivity index (χ1) is 7.65. The second kappa shape index (κ2) is 7.28. The van der Waals surface area contributed by atoms with Gasteiger partial charge in [-0.3, -0.25) is 0 Å². The summed E-state index contributed by atoms with van der Waals surface area (Å²) in [6.07, 6.45) is 3.85. The predicted octanol–water partition coefficient (Wildman–Crippen LogP) is 4.38. The molecule has 0 saturated heterocycles. The first kappa shape index (κ1) is 14.0. The van der Waals surface area contributed by atoms with Crippen LogP contribution in [0, 0.1) is 9.49 Å². The number of rotatable bonds is 6. The highest BCUT2D eigenvalue weighted by Crippen LogP contribution is 2.24. The summed E-state index contributed by atoms with van der Waals surface area (Å²) in [7, 11) is 2.06. The molecule has 1 rings (SSSR count). The Morgan fingerprint density at radius 2 is 1.88 bits per heavy atom. The van der Waals surface area contributed by atoms with Gasteiger partial charge in [-0.1, -0.05) is 44.9 Å². The van der Waals surface area contributed by atoms with Gasteiger partial charge in [0.15, 0.2) is 0 Å². The first-order valence-electron chi connectivity index (χ1n) is 6.06. The van der Waals surface area contributed by atoms with Gasteiger partial charge in [-0.25, -0.2) is 0 Å². The van der Waals surface area contributed by atoms with Crippen molar-refractivity contribution in [3.05, 3.63) is 33.4 Å². The molecule has 1 atom stereocenters. The third-order valence-electron chi connectivity index (χ3n) is 2.90. The van der Waals surface area contributed by atoms with Gasteiger partial charge in [0.2, 0.25) is 0 Å². The Balaban J connectivity index is 2.57. The highest BCUT2D eigenvalue weighted by atomic mass is 127. The van der Waals surface area contributed by atoms with E-state index in [0.29, 0.717) is 6.04 Å². The van der Waals surface area contributed by atoms with Gasteiger partial charge in [0.1, 0.15) is 0 Å². The standard InChI is InChI=1S/C14H22IN/c1-11(2)7-6-10-14(16-3)12-8-4-5-9-13(12)15/h4-5,8-9,11,14,16H,6-7,10H2,1-3H3. The van der Waals surface area contributed by atoms with E-state index in [9.17, 15) is 0 Å². The minimum absolute atomic E-state index is 0.506. The summed E-state index contributed by atoms with van der Waals surface area (Å²) < 4.78 is 1.36. The lowest BCUT2D eigenvalue weighted by Crippen LogP contribution is -2.17. The molecule has 2 heteroatoms. The Kier molecular flexibility index (Phi) is 6.36. The normalized spacial score (nSPS) is 13.1. The van der Waals surface area contributed by atoms with Crippen LogP contribution in [0.15, 0.2) is 24.3 Å². The summed E-state index contributed by atoms with van der Waals surface area (Å²) in [6, 6.07) is 9.16. The van der Waals surface area contributed by atoms with Gasteiger partial charge in [-0.05, 0) is 53.6 Å². The van der Waals surface area contributed by atoms with Crippen LogP contribution < -0.4 is 5.32 Å². The second-order valence-corrected chi connectivity index (χ2v) is 5.85. The zero-order valence-electron chi connectivity index (χ0n) is 10.5. The topological polar surface area (TPSA) is 12.0 Å². The van der Waals surface area contributed by atoms with E-state index in [-0.39, 0.29) is 0 Å². The van der Waals surface area contributed by atoms with Crippen molar-refractivity contribution in [1.82, 2.24) is 5.32 Å². The maximum absolute atomic E-state index is 3.43. The summed E-state index contributed by atoms with van der Waals surface area (Å²) in [5.74, 6) is 0.812. The van der Waals surface area contributed by atoms with Crippen LogP contribution in [0.1, 0.15) is 44.7 Å². The van der Waals surface area contributed by atoms with Crippen LogP contribution in [-0.2, 0) is 0 Å². The Morgan fingerprint density at radius 1 is 1.19 bits per heavy atom. The SMILES string of the molecule is CNC(CCCC(C)C)c1ccccc1I. The Hall–Kier alpha value is -0.0900. The lowest BCUT2D eigenvalue weighted by Gasteiger charge is -2.18. The summed E-state index contributed by atoms with van der Waals surface area (Å²) in [4.78, 5) is 0. The van der Waals surface area contributed by atoms with Gasteiger partial charge in [0, 0.05) is 9.61 Å². The summed E-state index contributed by atoms with van der Waals surface area (Å²) >= 11 is 2.42. The van der Waals surface area contributed by atoms with Crippen molar-refractivity contribution in [2.75, 3.05) is 7.05 Å². The molecule has 1 aromatic carbocycles. The van der Waals surface area contributed by atoms with Crippen molar-refractivity contribution < 1.29 is 0 Å². The van der Waals surface area contributed by atoms with E-state index in [1.807, 2.05) is 0 Å². The molecule has 0 radical (unpaired) electrons. The van der Waals surface area contributed by atoms with Crippen LogP contribution in [0.4, 0.5) is 0 Å². The Morgan fingerprint density at radius 3 is 2.44 bits per heavy atom.